The van der Waals surface area contributed by atoms with Crippen molar-refractivity contribution in [2.24, 2.45) is 0 Å². The number of hydrogen-bond donors (Lipinski definition) is 1. The van der Waals surface area contributed by atoms with Crippen LogP contribution in [0, 0.1) is 0 Å². The molecule has 1 N–H and O–H groups in total. The fourth-order valence-electron chi connectivity index (χ4n) is 3.46. The van der Waals surface area contributed by atoms with Gasteiger partial charge in [-0.15, -0.1) is 10.2 Å². The fraction of sp³-hybridized carbons (Fsp3) is 0.192. The second kappa shape index (κ2) is 11.4. The molecular formula is C26H26N4O4S. The van der Waals surface area contributed by atoms with E-state index in [2.05, 4.69) is 15.5 Å². The summed E-state index contributed by atoms with van der Waals surface area (Å²) in [5.74, 6) is 2.74. The van der Waals surface area contributed by atoms with E-state index < -0.39 is 0 Å². The first-order valence-corrected chi connectivity index (χ1v) is 11.9. The van der Waals surface area contributed by atoms with Crippen LogP contribution >= 0.6 is 11.8 Å². The van der Waals surface area contributed by atoms with Crippen LogP contribution < -0.4 is 19.5 Å². The number of nitrogens with zero attached hydrogens (tertiary/aromatic N) is 3. The van der Waals surface area contributed by atoms with Crippen LogP contribution in [0.4, 0.5) is 0 Å². The monoisotopic (exact) mass is 490 g/mol. The molecule has 0 atom stereocenters. The largest absolute Gasteiger partial charge is 0.497 e. The van der Waals surface area contributed by atoms with Gasteiger partial charge in [-0.05, 0) is 29.8 Å². The van der Waals surface area contributed by atoms with Crippen molar-refractivity contribution in [1.82, 2.24) is 20.1 Å². The quantitative estimate of drug-likeness (QED) is 0.330. The molecule has 180 valence electrons. The lowest BCUT2D eigenvalue weighted by molar-refractivity contribution is -0.118. The van der Waals surface area contributed by atoms with Crippen molar-refractivity contribution >= 4 is 17.7 Å². The van der Waals surface area contributed by atoms with Crippen molar-refractivity contribution in [3.63, 3.8) is 0 Å². The molecule has 0 bridgehead atoms. The van der Waals surface area contributed by atoms with Gasteiger partial charge in [0.25, 0.3) is 0 Å². The number of ether oxygens (including phenoxy) is 3. The van der Waals surface area contributed by atoms with Gasteiger partial charge in [-0.25, -0.2) is 0 Å². The fourth-order valence-corrected chi connectivity index (χ4v) is 4.24. The van der Waals surface area contributed by atoms with Crippen LogP contribution in [0.1, 0.15) is 5.56 Å². The lowest BCUT2D eigenvalue weighted by Crippen LogP contribution is -2.24. The summed E-state index contributed by atoms with van der Waals surface area (Å²) in [6.45, 7) is 0.432. The van der Waals surface area contributed by atoms with Gasteiger partial charge >= 0.3 is 0 Å². The maximum absolute atomic E-state index is 12.6. The van der Waals surface area contributed by atoms with Crippen LogP contribution in [0.3, 0.4) is 0 Å². The number of benzene rings is 3. The maximum atomic E-state index is 12.6. The highest BCUT2D eigenvalue weighted by molar-refractivity contribution is 7.99. The Kier molecular flexibility index (Phi) is 7.89. The summed E-state index contributed by atoms with van der Waals surface area (Å²) in [5, 5.41) is 12.3. The molecule has 4 aromatic rings. The summed E-state index contributed by atoms with van der Waals surface area (Å²) < 4.78 is 18.0. The third-order valence-corrected chi connectivity index (χ3v) is 6.20. The van der Waals surface area contributed by atoms with Gasteiger partial charge in [-0.1, -0.05) is 54.2 Å². The zero-order valence-corrected chi connectivity index (χ0v) is 20.5. The Morgan fingerprint density at radius 2 is 1.63 bits per heavy atom. The van der Waals surface area contributed by atoms with Crippen molar-refractivity contribution in [2.75, 3.05) is 27.1 Å². The van der Waals surface area contributed by atoms with Crippen molar-refractivity contribution in [1.29, 1.82) is 0 Å². The lowest BCUT2D eigenvalue weighted by Gasteiger charge is -2.13. The molecule has 0 radical (unpaired) electrons. The predicted octanol–water partition coefficient (Wildman–Crippen LogP) is 4.37. The Balaban J connectivity index is 1.54. The SMILES string of the molecule is COc1ccc(CNC(=O)CSc2nnc(-c3ccccc3)n2-c2ccc(OC)c(OC)c2)cc1. The Morgan fingerprint density at radius 1 is 0.886 bits per heavy atom. The van der Waals surface area contributed by atoms with Crippen molar-refractivity contribution in [3.8, 4) is 34.3 Å². The number of amides is 1. The number of hydrogen-bond acceptors (Lipinski definition) is 7. The normalized spacial score (nSPS) is 10.6. The molecule has 0 spiro atoms. The average Bonchev–Trinajstić information content (AvgIpc) is 3.35. The third-order valence-electron chi connectivity index (χ3n) is 5.27. The van der Waals surface area contributed by atoms with E-state index in [0.29, 0.717) is 29.0 Å². The van der Waals surface area contributed by atoms with Crippen LogP contribution in [-0.4, -0.2) is 47.8 Å². The topological polar surface area (TPSA) is 87.5 Å². The van der Waals surface area contributed by atoms with Crippen molar-refractivity contribution < 1.29 is 19.0 Å². The number of carbonyl (C=O) groups is 1. The molecule has 0 aliphatic carbocycles. The van der Waals surface area contributed by atoms with Crippen LogP contribution in [0.25, 0.3) is 17.1 Å². The minimum absolute atomic E-state index is 0.103. The highest BCUT2D eigenvalue weighted by Gasteiger charge is 2.18. The summed E-state index contributed by atoms with van der Waals surface area (Å²) in [6.07, 6.45) is 0. The van der Waals surface area contributed by atoms with E-state index >= 15 is 0 Å². The molecule has 9 heteroatoms. The van der Waals surface area contributed by atoms with Gasteiger partial charge in [-0.2, -0.15) is 0 Å². The molecule has 8 nitrogen and oxygen atoms in total. The van der Waals surface area contributed by atoms with E-state index in [1.807, 2.05) is 77.4 Å². The first-order chi connectivity index (χ1) is 17.1. The lowest BCUT2D eigenvalue weighted by atomic mass is 10.2. The smallest absolute Gasteiger partial charge is 0.230 e. The second-order valence-corrected chi connectivity index (χ2v) is 8.40. The summed E-state index contributed by atoms with van der Waals surface area (Å²) in [6, 6.07) is 23.0. The van der Waals surface area contributed by atoms with E-state index in [-0.39, 0.29) is 11.7 Å². The van der Waals surface area contributed by atoms with Crippen molar-refractivity contribution in [3.05, 3.63) is 78.4 Å². The molecule has 1 aromatic heterocycles. The van der Waals surface area contributed by atoms with Gasteiger partial charge in [0.15, 0.2) is 22.5 Å². The minimum Gasteiger partial charge on any atom is -0.497 e. The number of thioether (sulfide) groups is 1. The molecule has 35 heavy (non-hydrogen) atoms. The molecule has 0 saturated heterocycles. The highest BCUT2D eigenvalue weighted by atomic mass is 32.2. The molecule has 0 saturated carbocycles. The summed E-state index contributed by atoms with van der Waals surface area (Å²) in [4.78, 5) is 12.6. The van der Waals surface area contributed by atoms with Gasteiger partial charge in [0.2, 0.25) is 5.91 Å². The molecule has 1 amide bonds. The zero-order chi connectivity index (χ0) is 24.6. The summed E-state index contributed by atoms with van der Waals surface area (Å²) in [5.41, 5.74) is 2.70. The molecule has 0 aliphatic heterocycles. The van der Waals surface area contributed by atoms with Crippen LogP contribution in [0.15, 0.2) is 78.0 Å². The van der Waals surface area contributed by atoms with Gasteiger partial charge in [0.1, 0.15) is 5.75 Å². The van der Waals surface area contributed by atoms with Gasteiger partial charge in [0.05, 0.1) is 32.8 Å². The van der Waals surface area contributed by atoms with Crippen LogP contribution in [0.2, 0.25) is 0 Å². The first-order valence-electron chi connectivity index (χ1n) is 10.9. The van der Waals surface area contributed by atoms with E-state index in [0.717, 1.165) is 22.6 Å². The molecule has 0 fully saturated rings. The Labute approximate surface area is 208 Å². The third kappa shape index (κ3) is 5.75. The Hall–Kier alpha value is -3.98. The summed E-state index contributed by atoms with van der Waals surface area (Å²) in [7, 11) is 4.81. The Bertz CT molecular complexity index is 1280. The van der Waals surface area contributed by atoms with Crippen molar-refractivity contribution in [2.45, 2.75) is 11.7 Å². The minimum atomic E-state index is -0.103. The standard InChI is InChI=1S/C26H26N4O4S/c1-32-21-12-9-18(10-13-21)16-27-24(31)17-35-26-29-28-25(19-7-5-4-6-8-19)30(26)20-11-14-22(33-2)23(15-20)34-3/h4-15H,16-17H2,1-3H3,(H,27,31). The van der Waals surface area contributed by atoms with E-state index in [4.69, 9.17) is 14.2 Å². The molecule has 1 heterocycles. The predicted molar refractivity (Wildman–Crippen MR) is 135 cm³/mol. The van der Waals surface area contributed by atoms with E-state index in [1.54, 1.807) is 21.3 Å². The average molecular weight is 491 g/mol. The molecule has 0 unspecified atom stereocenters. The molecular weight excluding hydrogens is 464 g/mol. The number of nitrogens with one attached hydrogen (secondary N) is 1. The number of methoxy groups -OCH3 is 3. The Morgan fingerprint density at radius 3 is 2.31 bits per heavy atom. The zero-order valence-electron chi connectivity index (χ0n) is 19.7. The summed E-state index contributed by atoms with van der Waals surface area (Å²) >= 11 is 1.32. The molecule has 0 aliphatic rings. The highest BCUT2D eigenvalue weighted by Crippen LogP contribution is 2.33. The van der Waals surface area contributed by atoms with E-state index in [9.17, 15) is 4.79 Å². The van der Waals surface area contributed by atoms with Gasteiger partial charge in [-0.3, -0.25) is 9.36 Å². The maximum Gasteiger partial charge on any atom is 0.230 e. The number of aromatic nitrogens is 3. The van der Waals surface area contributed by atoms with Gasteiger partial charge in [0, 0.05) is 18.2 Å². The van der Waals surface area contributed by atoms with Gasteiger partial charge < -0.3 is 19.5 Å². The van der Waals surface area contributed by atoms with E-state index in [1.165, 1.54) is 11.8 Å². The number of carbonyl (C=O) groups excluding carboxylic acids is 1. The number of rotatable bonds is 10. The first kappa shape index (κ1) is 24.2. The molecule has 3 aromatic carbocycles. The molecule has 4 rings (SSSR count). The van der Waals surface area contributed by atoms with Crippen LogP contribution in [-0.2, 0) is 11.3 Å². The second-order valence-electron chi connectivity index (χ2n) is 7.46. The van der Waals surface area contributed by atoms with Crippen LogP contribution in [0.5, 0.6) is 17.2 Å².